The zero-order valence-electron chi connectivity index (χ0n) is 13.7. The van der Waals surface area contributed by atoms with E-state index in [1.807, 2.05) is 24.4 Å². The number of aromatic nitrogens is 2. The molecule has 0 aliphatic rings. The molecular weight excluding hydrogens is 317 g/mol. The lowest BCUT2D eigenvalue weighted by Gasteiger charge is -2.05. The largest absolute Gasteiger partial charge is 0.352 e. The molecule has 0 aliphatic carbocycles. The van der Waals surface area contributed by atoms with E-state index >= 15 is 0 Å². The highest BCUT2D eigenvalue weighted by Gasteiger charge is 2.06. The predicted octanol–water partition coefficient (Wildman–Crippen LogP) is 3.63. The van der Waals surface area contributed by atoms with Crippen LogP contribution in [0.2, 0.25) is 0 Å². The Balaban J connectivity index is 1.54. The van der Waals surface area contributed by atoms with Gasteiger partial charge in [0.05, 0.1) is 11.4 Å². The summed E-state index contributed by atoms with van der Waals surface area (Å²) >= 11 is 0. The molecule has 2 aromatic carbocycles. The van der Waals surface area contributed by atoms with Crippen LogP contribution in [0.15, 0.2) is 67.4 Å². The zero-order chi connectivity index (χ0) is 17.6. The van der Waals surface area contributed by atoms with Crippen LogP contribution in [0.3, 0.4) is 0 Å². The van der Waals surface area contributed by atoms with Crippen molar-refractivity contribution in [1.82, 2.24) is 15.1 Å². The number of hydrogen-bond donors (Lipinski definition) is 1. The van der Waals surface area contributed by atoms with Crippen molar-refractivity contribution in [2.45, 2.75) is 6.42 Å². The van der Waals surface area contributed by atoms with Crippen LogP contribution in [0.4, 0.5) is 4.39 Å². The number of hydrogen-bond acceptors (Lipinski definition) is 2. The Labute approximate surface area is 145 Å². The van der Waals surface area contributed by atoms with Gasteiger partial charge >= 0.3 is 0 Å². The van der Waals surface area contributed by atoms with Crippen molar-refractivity contribution in [3.05, 3.63) is 90.0 Å². The van der Waals surface area contributed by atoms with Crippen LogP contribution in [-0.4, -0.2) is 22.2 Å². The van der Waals surface area contributed by atoms with Gasteiger partial charge in [0.25, 0.3) is 5.91 Å². The number of carbonyl (C=O) groups is 1. The molecule has 1 N–H and O–H groups in total. The second-order valence-corrected chi connectivity index (χ2v) is 5.56. The van der Waals surface area contributed by atoms with E-state index in [4.69, 9.17) is 0 Å². The molecule has 0 aliphatic heterocycles. The highest BCUT2D eigenvalue weighted by molar-refractivity contribution is 5.94. The predicted molar refractivity (Wildman–Crippen MR) is 96.1 cm³/mol. The third-order valence-corrected chi connectivity index (χ3v) is 3.81. The van der Waals surface area contributed by atoms with Crippen LogP contribution in [0.5, 0.6) is 0 Å². The minimum absolute atomic E-state index is 0.117. The van der Waals surface area contributed by atoms with E-state index in [2.05, 4.69) is 17.0 Å². The molecule has 0 spiro atoms. The van der Waals surface area contributed by atoms with Gasteiger partial charge in [-0.15, -0.1) is 0 Å². The second-order valence-electron chi connectivity index (χ2n) is 5.56. The van der Waals surface area contributed by atoms with Gasteiger partial charge in [0.1, 0.15) is 5.82 Å². The third kappa shape index (κ3) is 4.20. The molecule has 0 fully saturated rings. The van der Waals surface area contributed by atoms with E-state index in [0.29, 0.717) is 18.5 Å². The Bertz CT molecular complexity index is 867. The van der Waals surface area contributed by atoms with E-state index in [9.17, 15) is 9.18 Å². The Morgan fingerprint density at radius 3 is 2.52 bits per heavy atom. The van der Waals surface area contributed by atoms with Gasteiger partial charge < -0.3 is 5.32 Å². The Kier molecular flexibility index (Phi) is 5.04. The number of nitrogens with zero attached hydrogens (tertiary/aromatic N) is 2. The fourth-order valence-electron chi connectivity index (χ4n) is 2.41. The van der Waals surface area contributed by atoms with Crippen molar-refractivity contribution in [3.63, 3.8) is 0 Å². The van der Waals surface area contributed by atoms with Gasteiger partial charge in [0.2, 0.25) is 0 Å². The van der Waals surface area contributed by atoms with Crippen LogP contribution in [-0.2, 0) is 6.42 Å². The van der Waals surface area contributed by atoms with Crippen molar-refractivity contribution in [3.8, 4) is 5.69 Å². The molecule has 0 atom stereocenters. The van der Waals surface area contributed by atoms with Gasteiger partial charge in [-0.1, -0.05) is 24.8 Å². The monoisotopic (exact) mass is 335 g/mol. The molecule has 5 heteroatoms. The fourth-order valence-corrected chi connectivity index (χ4v) is 2.41. The second kappa shape index (κ2) is 7.57. The van der Waals surface area contributed by atoms with Crippen molar-refractivity contribution in [2.24, 2.45) is 0 Å². The topological polar surface area (TPSA) is 46.9 Å². The zero-order valence-corrected chi connectivity index (χ0v) is 13.7. The van der Waals surface area contributed by atoms with Gasteiger partial charge in [-0.25, -0.2) is 9.07 Å². The first-order valence-electron chi connectivity index (χ1n) is 7.97. The van der Waals surface area contributed by atoms with Gasteiger partial charge in [0, 0.05) is 24.7 Å². The fraction of sp³-hybridized carbons (Fsp3) is 0.100. The number of amides is 1. The van der Waals surface area contributed by atoms with Crippen LogP contribution in [0.1, 0.15) is 21.6 Å². The Morgan fingerprint density at radius 2 is 1.84 bits per heavy atom. The van der Waals surface area contributed by atoms with E-state index in [0.717, 1.165) is 16.9 Å². The molecule has 4 nitrogen and oxygen atoms in total. The maximum Gasteiger partial charge on any atom is 0.251 e. The molecular formula is C20H18FN3O. The van der Waals surface area contributed by atoms with Gasteiger partial charge in [-0.3, -0.25) is 4.79 Å². The Hall–Kier alpha value is -3.21. The maximum atomic E-state index is 13.0. The summed E-state index contributed by atoms with van der Waals surface area (Å²) in [6.45, 7) is 4.18. The molecule has 3 rings (SSSR count). The molecule has 25 heavy (non-hydrogen) atoms. The quantitative estimate of drug-likeness (QED) is 0.748. The van der Waals surface area contributed by atoms with Gasteiger partial charge in [-0.05, 0) is 48.0 Å². The highest BCUT2D eigenvalue weighted by atomic mass is 19.1. The average Bonchev–Trinajstić information content (AvgIpc) is 3.11. The van der Waals surface area contributed by atoms with Crippen LogP contribution in [0.25, 0.3) is 11.8 Å². The first kappa shape index (κ1) is 16.6. The lowest BCUT2D eigenvalue weighted by molar-refractivity contribution is 0.0954. The van der Waals surface area contributed by atoms with Crippen molar-refractivity contribution in [2.75, 3.05) is 6.54 Å². The molecule has 126 valence electrons. The van der Waals surface area contributed by atoms with E-state index < -0.39 is 0 Å². The smallest absolute Gasteiger partial charge is 0.251 e. The number of halogens is 1. The maximum absolute atomic E-state index is 13.0. The standard InChI is InChI=1S/C20H18FN3O/c1-2-15-3-5-16(6-4-15)20(25)22-13-11-18-12-14-24(23-18)19-9-7-17(21)8-10-19/h2-10,12,14H,1,11,13H2,(H,22,25). The number of benzene rings is 2. The first-order valence-corrected chi connectivity index (χ1v) is 7.97. The molecule has 0 saturated heterocycles. The highest BCUT2D eigenvalue weighted by Crippen LogP contribution is 2.09. The van der Waals surface area contributed by atoms with Crippen molar-refractivity contribution >= 4 is 12.0 Å². The molecule has 1 amide bonds. The SMILES string of the molecule is C=Cc1ccc(C(=O)NCCc2ccn(-c3ccc(F)cc3)n2)cc1. The van der Waals surface area contributed by atoms with E-state index in [1.165, 1.54) is 12.1 Å². The van der Waals surface area contributed by atoms with Crippen LogP contribution in [0, 0.1) is 5.82 Å². The first-order chi connectivity index (χ1) is 12.2. The summed E-state index contributed by atoms with van der Waals surface area (Å²) in [6.07, 6.45) is 4.17. The molecule has 0 bridgehead atoms. The summed E-state index contributed by atoms with van der Waals surface area (Å²) in [6, 6.07) is 15.3. The summed E-state index contributed by atoms with van der Waals surface area (Å²) in [5.41, 5.74) is 3.23. The van der Waals surface area contributed by atoms with Crippen molar-refractivity contribution in [1.29, 1.82) is 0 Å². The van der Waals surface area contributed by atoms with E-state index in [-0.39, 0.29) is 11.7 Å². The summed E-state index contributed by atoms with van der Waals surface area (Å²) in [5.74, 6) is -0.395. The molecule has 1 aromatic heterocycles. The molecule has 0 radical (unpaired) electrons. The minimum atomic E-state index is -0.278. The molecule has 1 heterocycles. The Morgan fingerprint density at radius 1 is 1.12 bits per heavy atom. The summed E-state index contributed by atoms with van der Waals surface area (Å²) in [5, 5.41) is 7.31. The van der Waals surface area contributed by atoms with Gasteiger partial charge in [-0.2, -0.15) is 5.10 Å². The van der Waals surface area contributed by atoms with Crippen LogP contribution < -0.4 is 5.32 Å². The minimum Gasteiger partial charge on any atom is -0.352 e. The average molecular weight is 335 g/mol. The van der Waals surface area contributed by atoms with Crippen molar-refractivity contribution < 1.29 is 9.18 Å². The molecule has 0 saturated carbocycles. The molecule has 0 unspecified atom stereocenters. The normalized spacial score (nSPS) is 10.4. The summed E-state index contributed by atoms with van der Waals surface area (Å²) in [7, 11) is 0. The van der Waals surface area contributed by atoms with Crippen LogP contribution >= 0.6 is 0 Å². The summed E-state index contributed by atoms with van der Waals surface area (Å²) < 4.78 is 14.6. The van der Waals surface area contributed by atoms with E-state index in [1.54, 1.807) is 35.0 Å². The number of rotatable bonds is 6. The van der Waals surface area contributed by atoms with Gasteiger partial charge in [0.15, 0.2) is 0 Å². The summed E-state index contributed by atoms with van der Waals surface area (Å²) in [4.78, 5) is 12.1. The lowest BCUT2D eigenvalue weighted by Crippen LogP contribution is -2.25. The molecule has 3 aromatic rings. The lowest BCUT2D eigenvalue weighted by atomic mass is 10.1. The third-order valence-electron chi connectivity index (χ3n) is 3.81. The number of nitrogens with one attached hydrogen (secondary N) is 1. The number of carbonyl (C=O) groups excluding carboxylic acids is 1.